The summed E-state index contributed by atoms with van der Waals surface area (Å²) >= 11 is 3.93. The molecule has 2 nitrogen and oxygen atoms in total. The molecule has 0 bridgehead atoms. The van der Waals surface area contributed by atoms with Gasteiger partial charge in [0.1, 0.15) is 0 Å². The quantitative estimate of drug-likeness (QED) is 0.632. The molecule has 1 fully saturated rings. The molecule has 0 heterocycles. The van der Waals surface area contributed by atoms with Crippen LogP contribution in [0.25, 0.3) is 0 Å². The number of amides is 1. The molecule has 0 aromatic heterocycles. The van der Waals surface area contributed by atoms with Crippen LogP contribution in [0.4, 0.5) is 0 Å². The van der Waals surface area contributed by atoms with Gasteiger partial charge in [0.25, 0.3) is 0 Å². The van der Waals surface area contributed by atoms with Crippen molar-refractivity contribution in [3.05, 3.63) is 0 Å². The molecule has 12 heavy (non-hydrogen) atoms. The van der Waals surface area contributed by atoms with Gasteiger partial charge in [-0.25, -0.2) is 0 Å². The van der Waals surface area contributed by atoms with Gasteiger partial charge in [-0.15, -0.1) is 0 Å². The fraction of sp³-hybridized carbons (Fsp3) is 0.889. The maximum Gasteiger partial charge on any atom is 0.229 e. The minimum atomic E-state index is 0.0667. The number of hydrogen-bond acceptors (Lipinski definition) is 2. The second kappa shape index (κ2) is 4.75. The Hall–Kier alpha value is -0.180. The van der Waals surface area contributed by atoms with E-state index in [1.54, 1.807) is 0 Å². The van der Waals surface area contributed by atoms with Crippen molar-refractivity contribution in [2.45, 2.75) is 38.6 Å². The highest BCUT2D eigenvalue weighted by Gasteiger charge is 2.21. The largest absolute Gasteiger partial charge is 0.352 e. The second-order valence-corrected chi connectivity index (χ2v) is 3.91. The first-order chi connectivity index (χ1) is 5.74. The number of carbonyl (C=O) groups excluding carboxylic acids is 1. The van der Waals surface area contributed by atoms with E-state index >= 15 is 0 Å². The normalized spacial score (nSPS) is 29.8. The molecule has 1 rings (SSSR count). The Morgan fingerprint density at radius 3 is 2.75 bits per heavy atom. The zero-order valence-electron chi connectivity index (χ0n) is 7.55. The standard InChI is InChI=1S/C9H17NOS/c1-7-4-2-3-5-8(7)10-9(11)6-12/h7-8,12H,2-6H2,1H3,(H,10,11). The van der Waals surface area contributed by atoms with Gasteiger partial charge in [-0.3, -0.25) is 4.79 Å². The molecule has 1 aliphatic carbocycles. The molecule has 0 radical (unpaired) electrons. The van der Waals surface area contributed by atoms with Crippen molar-refractivity contribution in [2.24, 2.45) is 5.92 Å². The van der Waals surface area contributed by atoms with Gasteiger partial charge in [0.15, 0.2) is 0 Å². The summed E-state index contributed by atoms with van der Waals surface area (Å²) in [5.41, 5.74) is 0. The monoisotopic (exact) mass is 187 g/mol. The SMILES string of the molecule is CC1CCCCC1NC(=O)CS. The van der Waals surface area contributed by atoms with Gasteiger partial charge in [-0.2, -0.15) is 12.6 Å². The lowest BCUT2D eigenvalue weighted by molar-refractivity contribution is -0.119. The van der Waals surface area contributed by atoms with E-state index in [0.29, 0.717) is 17.7 Å². The summed E-state index contributed by atoms with van der Waals surface area (Å²) in [6.45, 7) is 2.21. The lowest BCUT2D eigenvalue weighted by Gasteiger charge is -2.29. The Morgan fingerprint density at radius 1 is 1.50 bits per heavy atom. The molecule has 3 heteroatoms. The number of rotatable bonds is 2. The van der Waals surface area contributed by atoms with Crippen LogP contribution in [0.2, 0.25) is 0 Å². The molecular weight excluding hydrogens is 170 g/mol. The highest BCUT2D eigenvalue weighted by molar-refractivity contribution is 7.81. The Bertz CT molecular complexity index is 161. The van der Waals surface area contributed by atoms with Crippen LogP contribution in [0.5, 0.6) is 0 Å². The molecule has 0 saturated heterocycles. The Balaban J connectivity index is 2.33. The molecule has 0 aromatic rings. The fourth-order valence-electron chi connectivity index (χ4n) is 1.78. The summed E-state index contributed by atoms with van der Waals surface area (Å²) in [5, 5.41) is 3.00. The number of thiol groups is 1. The number of hydrogen-bond donors (Lipinski definition) is 2. The smallest absolute Gasteiger partial charge is 0.229 e. The summed E-state index contributed by atoms with van der Waals surface area (Å²) in [7, 11) is 0. The topological polar surface area (TPSA) is 29.1 Å². The summed E-state index contributed by atoms with van der Waals surface area (Å²) in [6, 6.07) is 0.401. The molecule has 0 spiro atoms. The van der Waals surface area contributed by atoms with Crippen molar-refractivity contribution < 1.29 is 4.79 Å². The van der Waals surface area contributed by atoms with Gasteiger partial charge in [-0.1, -0.05) is 19.8 Å². The van der Waals surface area contributed by atoms with E-state index < -0.39 is 0 Å². The molecule has 1 N–H and O–H groups in total. The van der Waals surface area contributed by atoms with Crippen molar-refractivity contribution in [3.63, 3.8) is 0 Å². The Kier molecular flexibility index (Phi) is 3.92. The third-order valence-corrected chi connectivity index (χ3v) is 2.89. The van der Waals surface area contributed by atoms with E-state index in [-0.39, 0.29) is 5.91 Å². The van der Waals surface area contributed by atoms with E-state index in [0.717, 1.165) is 6.42 Å². The van der Waals surface area contributed by atoms with Crippen LogP contribution in [-0.2, 0) is 4.79 Å². The van der Waals surface area contributed by atoms with Gasteiger partial charge < -0.3 is 5.32 Å². The zero-order valence-corrected chi connectivity index (χ0v) is 8.44. The van der Waals surface area contributed by atoms with Crippen LogP contribution >= 0.6 is 12.6 Å². The van der Waals surface area contributed by atoms with Crippen molar-refractivity contribution in [3.8, 4) is 0 Å². The number of nitrogens with one attached hydrogen (secondary N) is 1. The fourth-order valence-corrected chi connectivity index (χ4v) is 1.87. The van der Waals surface area contributed by atoms with Gasteiger partial charge in [-0.05, 0) is 18.8 Å². The van der Waals surface area contributed by atoms with Crippen LogP contribution in [0.3, 0.4) is 0 Å². The maximum absolute atomic E-state index is 11.0. The summed E-state index contributed by atoms with van der Waals surface area (Å²) in [4.78, 5) is 11.0. The second-order valence-electron chi connectivity index (χ2n) is 3.59. The van der Waals surface area contributed by atoms with E-state index in [1.807, 2.05) is 0 Å². The lowest BCUT2D eigenvalue weighted by atomic mass is 9.86. The lowest BCUT2D eigenvalue weighted by Crippen LogP contribution is -2.41. The van der Waals surface area contributed by atoms with E-state index in [2.05, 4.69) is 24.9 Å². The molecule has 1 amide bonds. The first-order valence-corrected chi connectivity index (χ1v) is 5.27. The van der Waals surface area contributed by atoms with Crippen LogP contribution in [0, 0.1) is 5.92 Å². The molecular formula is C9H17NOS. The minimum Gasteiger partial charge on any atom is -0.352 e. The summed E-state index contributed by atoms with van der Waals surface area (Å²) in [5.74, 6) is 1.02. The molecule has 0 aromatic carbocycles. The highest BCUT2D eigenvalue weighted by Crippen LogP contribution is 2.23. The van der Waals surface area contributed by atoms with Crippen molar-refractivity contribution in [2.75, 3.05) is 5.75 Å². The average Bonchev–Trinajstić information content (AvgIpc) is 2.09. The predicted molar refractivity (Wildman–Crippen MR) is 53.4 cm³/mol. The van der Waals surface area contributed by atoms with Crippen molar-refractivity contribution in [1.29, 1.82) is 0 Å². The molecule has 70 valence electrons. The van der Waals surface area contributed by atoms with Crippen LogP contribution in [0.1, 0.15) is 32.6 Å². The maximum atomic E-state index is 11.0. The molecule has 2 unspecified atom stereocenters. The van der Waals surface area contributed by atoms with Crippen molar-refractivity contribution >= 4 is 18.5 Å². The minimum absolute atomic E-state index is 0.0667. The average molecular weight is 187 g/mol. The molecule has 1 aliphatic rings. The Labute approximate surface area is 79.5 Å². The third-order valence-electron chi connectivity index (χ3n) is 2.60. The van der Waals surface area contributed by atoms with E-state index in [9.17, 15) is 4.79 Å². The van der Waals surface area contributed by atoms with Crippen molar-refractivity contribution in [1.82, 2.24) is 5.32 Å². The molecule has 0 aliphatic heterocycles. The highest BCUT2D eigenvalue weighted by atomic mass is 32.1. The summed E-state index contributed by atoms with van der Waals surface area (Å²) < 4.78 is 0. The van der Waals surface area contributed by atoms with Gasteiger partial charge >= 0.3 is 0 Å². The predicted octanol–water partition coefficient (Wildman–Crippen LogP) is 1.61. The first-order valence-electron chi connectivity index (χ1n) is 4.64. The number of carbonyl (C=O) groups is 1. The molecule has 2 atom stereocenters. The van der Waals surface area contributed by atoms with Crippen LogP contribution in [0.15, 0.2) is 0 Å². The molecule has 1 saturated carbocycles. The third kappa shape index (κ3) is 2.70. The van der Waals surface area contributed by atoms with E-state index in [4.69, 9.17) is 0 Å². The zero-order chi connectivity index (χ0) is 8.97. The van der Waals surface area contributed by atoms with E-state index in [1.165, 1.54) is 19.3 Å². The van der Waals surface area contributed by atoms with Crippen LogP contribution < -0.4 is 5.32 Å². The Morgan fingerprint density at radius 2 is 2.17 bits per heavy atom. The van der Waals surface area contributed by atoms with Gasteiger partial charge in [0.05, 0.1) is 5.75 Å². The summed E-state index contributed by atoms with van der Waals surface area (Å²) in [6.07, 6.45) is 4.95. The van der Waals surface area contributed by atoms with Gasteiger partial charge in [0.2, 0.25) is 5.91 Å². The van der Waals surface area contributed by atoms with Gasteiger partial charge in [0, 0.05) is 6.04 Å². The van der Waals surface area contributed by atoms with Crippen LogP contribution in [-0.4, -0.2) is 17.7 Å². The first kappa shape index (κ1) is 9.90.